The van der Waals surface area contributed by atoms with Gasteiger partial charge in [0.1, 0.15) is 22.0 Å². The number of nitrogens with one attached hydrogen (secondary N) is 1. The summed E-state index contributed by atoms with van der Waals surface area (Å²) in [7, 11) is -2.77. The topological polar surface area (TPSA) is 112 Å². The molecule has 0 atom stereocenters. The summed E-state index contributed by atoms with van der Waals surface area (Å²) < 4.78 is 37.2. The van der Waals surface area contributed by atoms with Gasteiger partial charge in [-0.2, -0.15) is 0 Å². The van der Waals surface area contributed by atoms with Crippen molar-refractivity contribution in [3.05, 3.63) is 17.1 Å². The summed E-state index contributed by atoms with van der Waals surface area (Å²) >= 11 is 0. The molecule has 0 aliphatic carbocycles. The summed E-state index contributed by atoms with van der Waals surface area (Å²) in [5.74, 6) is -0.436. The maximum atomic E-state index is 12.4. The minimum Gasteiger partial charge on any atom is -0.465 e. The predicted molar refractivity (Wildman–Crippen MR) is 80.2 cm³/mol. The number of carbonyl (C=O) groups excluding carboxylic acids is 1. The highest BCUT2D eigenvalue weighted by Crippen LogP contribution is 2.28. The number of sulfonamides is 1. The number of aryl methyl sites for hydroxylation is 2. The summed E-state index contributed by atoms with van der Waals surface area (Å²) in [6, 6.07) is 0. The highest BCUT2D eigenvalue weighted by molar-refractivity contribution is 7.89. The lowest BCUT2D eigenvalue weighted by Crippen LogP contribution is -2.49. The molecular weight excluding hydrogens is 320 g/mol. The molecule has 9 heteroatoms. The Morgan fingerprint density at radius 3 is 2.29 bits per heavy atom. The van der Waals surface area contributed by atoms with Crippen molar-refractivity contribution in [3.63, 3.8) is 0 Å². The zero-order valence-corrected chi connectivity index (χ0v) is 14.3. The van der Waals surface area contributed by atoms with Crippen LogP contribution >= 0.6 is 12.4 Å². The Bertz CT molecular complexity index is 622. The number of esters is 1. The van der Waals surface area contributed by atoms with Crippen LogP contribution in [-0.2, 0) is 14.8 Å². The van der Waals surface area contributed by atoms with Gasteiger partial charge in [0.05, 0.1) is 7.11 Å². The molecule has 0 aliphatic rings. The van der Waals surface area contributed by atoms with Gasteiger partial charge in [0.2, 0.25) is 10.0 Å². The van der Waals surface area contributed by atoms with E-state index in [9.17, 15) is 13.2 Å². The van der Waals surface area contributed by atoms with E-state index < -0.39 is 21.5 Å². The first-order valence-corrected chi connectivity index (χ1v) is 7.46. The minimum atomic E-state index is -3.95. The van der Waals surface area contributed by atoms with Crippen molar-refractivity contribution in [2.45, 2.75) is 38.1 Å². The van der Waals surface area contributed by atoms with E-state index in [-0.39, 0.29) is 40.9 Å². The van der Waals surface area contributed by atoms with Crippen molar-refractivity contribution < 1.29 is 22.4 Å². The summed E-state index contributed by atoms with van der Waals surface area (Å²) in [5, 5.41) is 0. The zero-order chi connectivity index (χ0) is 15.7. The summed E-state index contributed by atoms with van der Waals surface area (Å²) in [6.07, 6.45) is 0. The maximum Gasteiger partial charge on any atom is 0.342 e. The van der Waals surface area contributed by atoms with E-state index >= 15 is 0 Å². The Labute approximate surface area is 130 Å². The molecule has 1 aromatic heterocycles. The average Bonchev–Trinajstić information content (AvgIpc) is 2.62. The molecule has 7 nitrogen and oxygen atoms in total. The lowest BCUT2D eigenvalue weighted by molar-refractivity contribution is 0.0594. The van der Waals surface area contributed by atoms with Gasteiger partial charge in [-0.25, -0.2) is 17.9 Å². The lowest BCUT2D eigenvalue weighted by atomic mass is 10.1. The highest BCUT2D eigenvalue weighted by Gasteiger charge is 2.34. The van der Waals surface area contributed by atoms with Gasteiger partial charge in [-0.1, -0.05) is 0 Å². The van der Waals surface area contributed by atoms with E-state index in [1.54, 1.807) is 13.8 Å². The number of hydrogen-bond donors (Lipinski definition) is 2. The van der Waals surface area contributed by atoms with Gasteiger partial charge in [-0.3, -0.25) is 0 Å². The molecule has 0 amide bonds. The first-order valence-electron chi connectivity index (χ1n) is 5.98. The Morgan fingerprint density at radius 1 is 1.33 bits per heavy atom. The Balaban J connectivity index is 0.00000400. The molecule has 0 radical (unpaired) electrons. The van der Waals surface area contributed by atoms with Crippen molar-refractivity contribution in [1.29, 1.82) is 0 Å². The summed E-state index contributed by atoms with van der Waals surface area (Å²) in [5.41, 5.74) is 4.58. The molecule has 122 valence electrons. The van der Waals surface area contributed by atoms with Crippen LogP contribution in [0.1, 0.15) is 35.7 Å². The Kier molecular flexibility index (Phi) is 6.43. The van der Waals surface area contributed by atoms with Crippen LogP contribution in [0.3, 0.4) is 0 Å². The number of hydrogen-bond acceptors (Lipinski definition) is 6. The van der Waals surface area contributed by atoms with Crippen LogP contribution in [0.4, 0.5) is 0 Å². The third-order valence-electron chi connectivity index (χ3n) is 2.78. The van der Waals surface area contributed by atoms with Gasteiger partial charge in [-0.15, -0.1) is 12.4 Å². The Morgan fingerprint density at radius 2 is 1.86 bits per heavy atom. The van der Waals surface area contributed by atoms with E-state index in [2.05, 4.69) is 9.46 Å². The zero-order valence-electron chi connectivity index (χ0n) is 12.6. The van der Waals surface area contributed by atoms with E-state index in [0.717, 1.165) is 0 Å². The molecule has 0 saturated carbocycles. The molecule has 0 aliphatic heterocycles. The number of nitrogens with two attached hydrogens (primary N) is 1. The van der Waals surface area contributed by atoms with Gasteiger partial charge in [0, 0.05) is 12.1 Å². The fourth-order valence-electron chi connectivity index (χ4n) is 1.78. The molecule has 0 spiro atoms. The third-order valence-corrected chi connectivity index (χ3v) is 4.63. The molecular formula is C12H21ClN2O5S. The van der Waals surface area contributed by atoms with E-state index in [4.69, 9.17) is 10.2 Å². The van der Waals surface area contributed by atoms with Crippen LogP contribution in [0.2, 0.25) is 0 Å². The second-order valence-electron chi connectivity index (χ2n) is 5.10. The van der Waals surface area contributed by atoms with Crippen molar-refractivity contribution in [1.82, 2.24) is 4.72 Å². The molecule has 0 fully saturated rings. The quantitative estimate of drug-likeness (QED) is 0.777. The third kappa shape index (κ3) is 4.19. The SMILES string of the molecule is COC(=O)c1c(C)oc(C)c1S(=O)(=O)NC(C)(C)CN.Cl. The first kappa shape index (κ1) is 19.9. The minimum absolute atomic E-state index is 0. The van der Waals surface area contributed by atoms with Gasteiger partial charge in [-0.05, 0) is 27.7 Å². The Hall–Kier alpha value is -1.09. The summed E-state index contributed by atoms with van der Waals surface area (Å²) in [6.45, 7) is 6.38. The molecule has 0 bridgehead atoms. The predicted octanol–water partition coefficient (Wildman–Crippen LogP) is 1.12. The number of ether oxygens (including phenoxy) is 1. The van der Waals surface area contributed by atoms with Crippen LogP contribution in [0.25, 0.3) is 0 Å². The van der Waals surface area contributed by atoms with Gasteiger partial charge in [0.25, 0.3) is 0 Å². The van der Waals surface area contributed by atoms with Crippen LogP contribution in [-0.4, -0.2) is 33.6 Å². The van der Waals surface area contributed by atoms with Crippen molar-refractivity contribution in [3.8, 4) is 0 Å². The molecule has 0 unspecified atom stereocenters. The second-order valence-corrected chi connectivity index (χ2v) is 6.72. The van der Waals surface area contributed by atoms with Crippen LogP contribution in [0.5, 0.6) is 0 Å². The molecule has 0 saturated heterocycles. The molecule has 1 aromatic rings. The second kappa shape index (κ2) is 6.78. The first-order chi connectivity index (χ1) is 9.05. The van der Waals surface area contributed by atoms with E-state index in [0.29, 0.717) is 0 Å². The largest absolute Gasteiger partial charge is 0.465 e. The van der Waals surface area contributed by atoms with Crippen LogP contribution in [0, 0.1) is 13.8 Å². The van der Waals surface area contributed by atoms with Gasteiger partial charge < -0.3 is 14.9 Å². The smallest absolute Gasteiger partial charge is 0.342 e. The molecule has 0 aromatic carbocycles. The number of furan rings is 1. The fourth-order valence-corrected chi connectivity index (χ4v) is 3.61. The number of carbonyl (C=O) groups is 1. The molecule has 21 heavy (non-hydrogen) atoms. The molecule has 1 rings (SSSR count). The van der Waals surface area contributed by atoms with Crippen LogP contribution in [0.15, 0.2) is 9.31 Å². The van der Waals surface area contributed by atoms with Gasteiger partial charge >= 0.3 is 5.97 Å². The number of halogens is 1. The molecule has 3 N–H and O–H groups in total. The number of methoxy groups -OCH3 is 1. The lowest BCUT2D eigenvalue weighted by Gasteiger charge is -2.23. The normalized spacial score (nSPS) is 11.9. The van der Waals surface area contributed by atoms with Gasteiger partial charge in [0.15, 0.2) is 0 Å². The monoisotopic (exact) mass is 340 g/mol. The van der Waals surface area contributed by atoms with Crippen molar-refractivity contribution in [2.24, 2.45) is 5.73 Å². The number of rotatable bonds is 5. The van der Waals surface area contributed by atoms with E-state index in [1.807, 2.05) is 0 Å². The maximum absolute atomic E-state index is 12.4. The van der Waals surface area contributed by atoms with Crippen molar-refractivity contribution >= 4 is 28.4 Å². The van der Waals surface area contributed by atoms with E-state index in [1.165, 1.54) is 21.0 Å². The highest BCUT2D eigenvalue weighted by atomic mass is 35.5. The summed E-state index contributed by atoms with van der Waals surface area (Å²) in [4.78, 5) is 11.5. The fraction of sp³-hybridized carbons (Fsp3) is 0.583. The molecule has 1 heterocycles. The standard InChI is InChI=1S/C12H20N2O5S.ClH/c1-7-9(11(15)18-5)10(8(2)19-7)20(16,17)14-12(3,4)6-13;/h14H,6,13H2,1-5H3;1H. The van der Waals surface area contributed by atoms with Crippen molar-refractivity contribution in [2.75, 3.05) is 13.7 Å². The van der Waals surface area contributed by atoms with Crippen LogP contribution < -0.4 is 10.5 Å². The average molecular weight is 341 g/mol.